The first-order valence-corrected chi connectivity index (χ1v) is 16.1. The molecule has 0 aliphatic carbocycles. The van der Waals surface area contributed by atoms with Crippen molar-refractivity contribution in [3.05, 3.63) is 84.4 Å². The summed E-state index contributed by atoms with van der Waals surface area (Å²) in [6.45, 7) is 3.19. The highest BCUT2D eigenvalue weighted by molar-refractivity contribution is 7.97. The van der Waals surface area contributed by atoms with Crippen LogP contribution in [0.3, 0.4) is 0 Å². The van der Waals surface area contributed by atoms with E-state index in [9.17, 15) is 34.8 Å². The predicted octanol–water partition coefficient (Wildman–Crippen LogP) is 7.55. The molecular formula is C30H31F6O6S2+. The molecule has 3 aromatic rings. The number of hydrogen-bond acceptors (Lipinski definition) is 5. The van der Waals surface area contributed by atoms with Gasteiger partial charge in [0.05, 0.1) is 23.9 Å². The van der Waals surface area contributed by atoms with E-state index < -0.39 is 75.6 Å². The lowest BCUT2D eigenvalue weighted by molar-refractivity contribution is -0.368. The summed E-state index contributed by atoms with van der Waals surface area (Å²) in [6, 6.07) is 22.9. The van der Waals surface area contributed by atoms with Gasteiger partial charge in [0.15, 0.2) is 20.5 Å². The fourth-order valence-corrected chi connectivity index (χ4v) is 7.16. The molecule has 4 rings (SSSR count). The highest BCUT2D eigenvalue weighted by atomic mass is 32.2. The van der Waals surface area contributed by atoms with Gasteiger partial charge in [0.1, 0.15) is 18.5 Å². The lowest BCUT2D eigenvalue weighted by Gasteiger charge is -2.44. The van der Waals surface area contributed by atoms with Gasteiger partial charge in [-0.25, -0.2) is 8.78 Å². The van der Waals surface area contributed by atoms with Crippen LogP contribution >= 0.6 is 0 Å². The van der Waals surface area contributed by atoms with Crippen molar-refractivity contribution >= 4 is 21.0 Å². The molecule has 0 spiro atoms. The van der Waals surface area contributed by atoms with Crippen LogP contribution in [0.5, 0.6) is 5.75 Å². The third-order valence-corrected chi connectivity index (χ3v) is 10.2. The average molecular weight is 666 g/mol. The summed E-state index contributed by atoms with van der Waals surface area (Å²) in [7, 11) is -7.02. The normalized spacial score (nSPS) is 21.7. The van der Waals surface area contributed by atoms with Crippen LogP contribution in [0.4, 0.5) is 26.3 Å². The Labute approximate surface area is 254 Å². The van der Waals surface area contributed by atoms with E-state index >= 15 is 0 Å². The Morgan fingerprint density at radius 1 is 0.932 bits per heavy atom. The van der Waals surface area contributed by atoms with Gasteiger partial charge >= 0.3 is 21.3 Å². The van der Waals surface area contributed by atoms with Crippen LogP contribution in [0.1, 0.15) is 32.8 Å². The molecule has 0 radical (unpaired) electrons. The zero-order chi connectivity index (χ0) is 32.6. The van der Waals surface area contributed by atoms with Crippen LogP contribution in [0.15, 0.2) is 93.5 Å². The molecule has 0 bridgehead atoms. The molecule has 1 aliphatic heterocycles. The van der Waals surface area contributed by atoms with Crippen molar-refractivity contribution in [2.24, 2.45) is 5.92 Å². The van der Waals surface area contributed by atoms with Crippen LogP contribution in [0.2, 0.25) is 0 Å². The Kier molecular flexibility index (Phi) is 9.72. The molecule has 3 atom stereocenters. The molecule has 1 heterocycles. The average Bonchev–Trinajstić information content (AvgIpc) is 2.95. The molecule has 0 saturated carbocycles. The molecule has 1 saturated heterocycles. The Morgan fingerprint density at radius 3 is 1.98 bits per heavy atom. The molecule has 1 aliphatic rings. The molecule has 14 heteroatoms. The van der Waals surface area contributed by atoms with Crippen molar-refractivity contribution in [3.8, 4) is 5.75 Å². The highest BCUT2D eigenvalue weighted by Gasteiger charge is 2.65. The summed E-state index contributed by atoms with van der Waals surface area (Å²) < 4.78 is 130. The van der Waals surface area contributed by atoms with E-state index in [1.165, 1.54) is 12.1 Å². The van der Waals surface area contributed by atoms with E-state index in [4.69, 9.17) is 18.8 Å². The van der Waals surface area contributed by atoms with E-state index in [-0.39, 0.29) is 5.75 Å². The fourth-order valence-electron chi connectivity index (χ4n) is 4.62. The van der Waals surface area contributed by atoms with Crippen molar-refractivity contribution in [2.75, 3.05) is 13.2 Å². The van der Waals surface area contributed by atoms with Crippen molar-refractivity contribution in [1.29, 1.82) is 0 Å². The van der Waals surface area contributed by atoms with Gasteiger partial charge in [-0.2, -0.15) is 26.0 Å². The van der Waals surface area contributed by atoms with Gasteiger partial charge in [-0.05, 0) is 73.5 Å². The third-order valence-electron chi connectivity index (χ3n) is 7.00. The van der Waals surface area contributed by atoms with Gasteiger partial charge in [-0.3, -0.25) is 4.55 Å². The summed E-state index contributed by atoms with van der Waals surface area (Å²) >= 11 is 0. The SMILES string of the molecule is CC(C)C1OC(C)(c2ccc([S+](c3ccccc3)c3ccc(OCCC(F)(F)C(F)(F)S(=O)(=O)O)cc3)cc2)OCC1(F)F. The monoisotopic (exact) mass is 665 g/mol. The second-order valence-electron chi connectivity index (χ2n) is 10.7. The zero-order valence-corrected chi connectivity index (χ0v) is 25.5. The maximum Gasteiger partial charge on any atom is 0.431 e. The molecule has 6 nitrogen and oxygen atoms in total. The van der Waals surface area contributed by atoms with Crippen LogP contribution < -0.4 is 4.74 Å². The smallest absolute Gasteiger partial charge is 0.431 e. The first-order valence-electron chi connectivity index (χ1n) is 13.4. The fraction of sp³-hybridized carbons (Fsp3) is 0.400. The summed E-state index contributed by atoms with van der Waals surface area (Å²) in [4.78, 5) is 2.57. The van der Waals surface area contributed by atoms with Gasteiger partial charge in [0, 0.05) is 5.56 Å². The molecule has 44 heavy (non-hydrogen) atoms. The quantitative estimate of drug-likeness (QED) is 0.130. The molecule has 3 unspecified atom stereocenters. The molecule has 0 aromatic heterocycles. The third kappa shape index (κ3) is 7.04. The standard InChI is InChI=1S/C30H30F6O6S2/c1-20(2)26-28(31,32)19-41-27(3,42-26)21-9-13-24(14-10-21)43(23-7-5-4-6-8-23)25-15-11-22(12-16-25)40-18-17-29(33,34)30(35,36)44(37,38)39/h4-16,20,26H,17-19H2,1-3H3/p+1. The minimum absolute atomic E-state index is 0.0720. The van der Waals surface area contributed by atoms with Crippen molar-refractivity contribution in [1.82, 2.24) is 0 Å². The van der Waals surface area contributed by atoms with E-state index in [1.807, 2.05) is 42.5 Å². The molecule has 1 fully saturated rings. The van der Waals surface area contributed by atoms with Crippen molar-refractivity contribution < 1.29 is 53.5 Å². The number of halogens is 6. The topological polar surface area (TPSA) is 82.1 Å². The van der Waals surface area contributed by atoms with Crippen molar-refractivity contribution in [3.63, 3.8) is 0 Å². The Balaban J connectivity index is 1.54. The number of rotatable bonds is 11. The van der Waals surface area contributed by atoms with Gasteiger partial charge < -0.3 is 14.2 Å². The predicted molar refractivity (Wildman–Crippen MR) is 151 cm³/mol. The van der Waals surface area contributed by atoms with Crippen LogP contribution in [-0.4, -0.2) is 49.4 Å². The second kappa shape index (κ2) is 12.5. The van der Waals surface area contributed by atoms with Gasteiger partial charge in [0.25, 0.3) is 5.92 Å². The van der Waals surface area contributed by atoms with Crippen LogP contribution in [0, 0.1) is 5.92 Å². The zero-order valence-electron chi connectivity index (χ0n) is 23.9. The minimum Gasteiger partial charge on any atom is -0.493 e. The van der Waals surface area contributed by atoms with Crippen molar-refractivity contribution in [2.45, 2.75) is 70.9 Å². The number of hydrogen-bond donors (Lipinski definition) is 1. The lowest BCUT2D eigenvalue weighted by atomic mass is 9.97. The van der Waals surface area contributed by atoms with Crippen LogP contribution in [-0.2, 0) is 36.3 Å². The lowest BCUT2D eigenvalue weighted by Crippen LogP contribution is -2.54. The Morgan fingerprint density at radius 2 is 1.45 bits per heavy atom. The van der Waals surface area contributed by atoms with Gasteiger partial charge in [-0.15, -0.1) is 0 Å². The van der Waals surface area contributed by atoms with Crippen LogP contribution in [0.25, 0.3) is 0 Å². The molecule has 3 aromatic carbocycles. The second-order valence-corrected chi connectivity index (χ2v) is 14.2. The molecule has 240 valence electrons. The maximum absolute atomic E-state index is 14.4. The number of benzene rings is 3. The molecular weight excluding hydrogens is 634 g/mol. The largest absolute Gasteiger partial charge is 0.493 e. The van der Waals surface area contributed by atoms with E-state index in [0.717, 1.165) is 14.7 Å². The summed E-state index contributed by atoms with van der Waals surface area (Å²) in [5.41, 5.74) is 0.555. The maximum atomic E-state index is 14.4. The summed E-state index contributed by atoms with van der Waals surface area (Å²) in [5, 5.41) is -5.67. The first kappa shape index (κ1) is 34.1. The molecule has 0 amide bonds. The van der Waals surface area contributed by atoms with Gasteiger partial charge in [0.2, 0.25) is 0 Å². The molecule has 1 N–H and O–H groups in total. The van der Waals surface area contributed by atoms with E-state index in [2.05, 4.69) is 0 Å². The Bertz CT molecular complexity index is 1520. The number of alkyl halides is 6. The Hall–Kier alpha value is -2.78. The van der Waals surface area contributed by atoms with Gasteiger partial charge in [-0.1, -0.05) is 32.0 Å². The van der Waals surface area contributed by atoms with E-state index in [0.29, 0.717) is 5.56 Å². The van der Waals surface area contributed by atoms with E-state index in [1.54, 1.807) is 45.0 Å². The number of ether oxygens (including phenoxy) is 3. The first-order chi connectivity index (χ1) is 20.4. The minimum atomic E-state index is -6.33. The highest BCUT2D eigenvalue weighted by Crippen LogP contribution is 2.43. The summed E-state index contributed by atoms with van der Waals surface area (Å²) in [5.74, 6) is -9.95. The summed E-state index contributed by atoms with van der Waals surface area (Å²) in [6.07, 6.45) is -2.99.